The Balaban J connectivity index is 1.45. The van der Waals surface area contributed by atoms with Crippen LogP contribution in [0.5, 0.6) is 0 Å². The summed E-state index contributed by atoms with van der Waals surface area (Å²) in [5.74, 6) is -0.304. The van der Waals surface area contributed by atoms with Gasteiger partial charge in [0.1, 0.15) is 11.2 Å². The number of azo groups is 1. The standard InChI is InChI=1S/C26H21N7O3S2/c34-14-8-7-13-27-23(35)20-15-28-25(38-20)31-30-22-21(18-11-5-2-6-12-18)32-33(24(22)36)26-29-19(16-37-26)17-9-3-1-4-10-17/h1-6,9-12,14-16,32H,7-8,13H2,(H,27,35). The van der Waals surface area contributed by atoms with Crippen molar-refractivity contribution in [3.8, 4) is 27.6 Å². The Morgan fingerprint density at radius 2 is 1.79 bits per heavy atom. The van der Waals surface area contributed by atoms with Crippen molar-refractivity contribution >= 4 is 45.7 Å². The lowest BCUT2D eigenvalue weighted by Crippen LogP contribution is -2.23. The zero-order chi connectivity index (χ0) is 26.3. The van der Waals surface area contributed by atoms with Crippen LogP contribution in [-0.4, -0.2) is 38.5 Å². The van der Waals surface area contributed by atoms with Crippen LogP contribution in [0, 0.1) is 0 Å². The Hall–Kier alpha value is -4.55. The van der Waals surface area contributed by atoms with Gasteiger partial charge < -0.3 is 10.1 Å². The molecule has 2 aromatic carbocycles. The second kappa shape index (κ2) is 11.7. The molecule has 0 aliphatic heterocycles. The molecule has 5 aromatic rings. The predicted octanol–water partition coefficient (Wildman–Crippen LogP) is 5.54. The highest BCUT2D eigenvalue weighted by Gasteiger charge is 2.19. The van der Waals surface area contributed by atoms with Gasteiger partial charge in [-0.15, -0.1) is 21.6 Å². The van der Waals surface area contributed by atoms with E-state index >= 15 is 0 Å². The van der Waals surface area contributed by atoms with Gasteiger partial charge >= 0.3 is 5.56 Å². The first-order valence-electron chi connectivity index (χ1n) is 11.6. The van der Waals surface area contributed by atoms with Crippen LogP contribution in [0.1, 0.15) is 22.5 Å². The highest BCUT2D eigenvalue weighted by atomic mass is 32.1. The number of unbranched alkanes of at least 4 members (excludes halogenated alkanes) is 1. The average Bonchev–Trinajstić information content (AvgIpc) is 3.70. The second-order valence-corrected chi connectivity index (χ2v) is 9.84. The molecule has 0 spiro atoms. The molecule has 0 bridgehead atoms. The van der Waals surface area contributed by atoms with Gasteiger partial charge in [-0.1, -0.05) is 72.0 Å². The summed E-state index contributed by atoms with van der Waals surface area (Å²) in [5.41, 5.74) is 2.64. The Morgan fingerprint density at radius 1 is 1.05 bits per heavy atom. The third-order valence-corrected chi connectivity index (χ3v) is 7.12. The molecule has 10 nitrogen and oxygen atoms in total. The number of carbonyl (C=O) groups is 2. The van der Waals surface area contributed by atoms with Crippen LogP contribution in [0.25, 0.3) is 27.6 Å². The number of hydrogen-bond donors (Lipinski definition) is 2. The summed E-state index contributed by atoms with van der Waals surface area (Å²) in [7, 11) is 0. The number of nitrogens with one attached hydrogen (secondary N) is 2. The van der Waals surface area contributed by atoms with Crippen molar-refractivity contribution in [2.45, 2.75) is 12.8 Å². The molecule has 3 aromatic heterocycles. The van der Waals surface area contributed by atoms with Gasteiger partial charge in [0.25, 0.3) is 5.91 Å². The molecule has 0 radical (unpaired) electrons. The second-order valence-electron chi connectivity index (χ2n) is 8.00. The van der Waals surface area contributed by atoms with Gasteiger partial charge in [-0.2, -0.15) is 4.68 Å². The maximum absolute atomic E-state index is 13.5. The molecule has 0 unspecified atom stereocenters. The van der Waals surface area contributed by atoms with Gasteiger partial charge in [0.2, 0.25) is 10.3 Å². The molecule has 5 rings (SSSR count). The van der Waals surface area contributed by atoms with Crippen molar-refractivity contribution in [1.82, 2.24) is 25.1 Å². The Labute approximate surface area is 224 Å². The number of H-pyrrole nitrogens is 1. The number of thiazole rings is 2. The third-order valence-electron chi connectivity index (χ3n) is 5.42. The number of carbonyl (C=O) groups excluding carboxylic acids is 2. The van der Waals surface area contributed by atoms with Gasteiger partial charge in [0, 0.05) is 29.5 Å². The summed E-state index contributed by atoms with van der Waals surface area (Å²) >= 11 is 2.39. The molecule has 0 aliphatic carbocycles. The van der Waals surface area contributed by atoms with Crippen LogP contribution < -0.4 is 10.9 Å². The van der Waals surface area contributed by atoms with E-state index in [1.165, 1.54) is 22.2 Å². The van der Waals surface area contributed by atoms with Crippen LogP contribution in [0.15, 0.2) is 87.3 Å². The molecular weight excluding hydrogens is 522 g/mol. The first-order valence-corrected chi connectivity index (χ1v) is 13.3. The average molecular weight is 544 g/mol. The fraction of sp³-hybridized carbons (Fsp3) is 0.115. The van der Waals surface area contributed by atoms with E-state index in [0.29, 0.717) is 35.1 Å². The molecule has 0 saturated carbocycles. The van der Waals surface area contributed by atoms with Crippen LogP contribution in [-0.2, 0) is 4.79 Å². The van der Waals surface area contributed by atoms with Crippen LogP contribution in [0.4, 0.5) is 10.8 Å². The van der Waals surface area contributed by atoms with Gasteiger partial charge in [0.15, 0.2) is 5.69 Å². The van der Waals surface area contributed by atoms with E-state index in [0.717, 1.165) is 34.4 Å². The molecule has 0 fully saturated rings. The Bertz CT molecular complexity index is 1640. The van der Waals surface area contributed by atoms with Crippen LogP contribution in [0.2, 0.25) is 0 Å². The fourth-order valence-corrected chi connectivity index (χ4v) is 5.00. The minimum absolute atomic E-state index is 0.0997. The largest absolute Gasteiger partial charge is 0.351 e. The van der Waals surface area contributed by atoms with Crippen molar-refractivity contribution in [2.75, 3.05) is 6.54 Å². The molecule has 3 heterocycles. The lowest BCUT2D eigenvalue weighted by Gasteiger charge is -1.99. The fourth-order valence-electron chi connectivity index (χ4n) is 3.55. The molecule has 0 aliphatic rings. The van der Waals surface area contributed by atoms with E-state index in [-0.39, 0.29) is 16.7 Å². The van der Waals surface area contributed by atoms with Crippen molar-refractivity contribution in [3.63, 3.8) is 0 Å². The number of aldehydes is 1. The summed E-state index contributed by atoms with van der Waals surface area (Å²) < 4.78 is 1.36. The monoisotopic (exact) mass is 543 g/mol. The minimum Gasteiger partial charge on any atom is -0.351 e. The summed E-state index contributed by atoms with van der Waals surface area (Å²) in [6.45, 7) is 0.387. The number of hydrogen-bond acceptors (Lipinski definition) is 9. The summed E-state index contributed by atoms with van der Waals surface area (Å²) in [5, 5.41) is 16.8. The Morgan fingerprint density at radius 3 is 2.53 bits per heavy atom. The molecule has 0 atom stereocenters. The minimum atomic E-state index is -0.411. The first kappa shape index (κ1) is 25.1. The number of benzene rings is 2. The maximum atomic E-state index is 13.5. The summed E-state index contributed by atoms with van der Waals surface area (Å²) in [6.07, 6.45) is 3.17. The molecule has 38 heavy (non-hydrogen) atoms. The molecule has 0 saturated heterocycles. The SMILES string of the molecule is O=CCCCNC(=O)c1cnc(N=Nc2c(-c3ccccc3)[nH]n(-c3nc(-c4ccccc4)cs3)c2=O)s1. The van der Waals surface area contributed by atoms with E-state index in [9.17, 15) is 14.4 Å². The molecule has 190 valence electrons. The number of aromatic amines is 1. The summed E-state index contributed by atoms with van der Waals surface area (Å²) in [4.78, 5) is 45.3. The lowest BCUT2D eigenvalue weighted by atomic mass is 10.1. The molecular formula is C26H21N7O3S2. The van der Waals surface area contributed by atoms with E-state index in [4.69, 9.17) is 0 Å². The van der Waals surface area contributed by atoms with Gasteiger partial charge in [-0.3, -0.25) is 14.7 Å². The van der Waals surface area contributed by atoms with E-state index in [1.54, 1.807) is 0 Å². The van der Waals surface area contributed by atoms with E-state index in [2.05, 4.69) is 30.6 Å². The van der Waals surface area contributed by atoms with Crippen molar-refractivity contribution in [2.24, 2.45) is 10.2 Å². The number of amides is 1. The van der Waals surface area contributed by atoms with Crippen LogP contribution in [0.3, 0.4) is 0 Å². The number of rotatable bonds is 10. The van der Waals surface area contributed by atoms with Gasteiger partial charge in [0.05, 0.1) is 17.6 Å². The maximum Gasteiger partial charge on any atom is 0.301 e. The first-order chi connectivity index (χ1) is 18.6. The zero-order valence-electron chi connectivity index (χ0n) is 19.9. The van der Waals surface area contributed by atoms with Crippen LogP contribution >= 0.6 is 22.7 Å². The highest BCUT2D eigenvalue weighted by Crippen LogP contribution is 2.30. The topological polar surface area (TPSA) is 134 Å². The normalized spacial score (nSPS) is 11.2. The van der Waals surface area contributed by atoms with Gasteiger partial charge in [-0.05, 0) is 6.42 Å². The lowest BCUT2D eigenvalue weighted by molar-refractivity contribution is -0.107. The van der Waals surface area contributed by atoms with E-state index in [1.807, 2.05) is 66.0 Å². The van der Waals surface area contributed by atoms with E-state index < -0.39 is 5.56 Å². The van der Waals surface area contributed by atoms with Crippen molar-refractivity contribution < 1.29 is 9.59 Å². The van der Waals surface area contributed by atoms with Crippen molar-refractivity contribution in [1.29, 1.82) is 0 Å². The zero-order valence-corrected chi connectivity index (χ0v) is 21.5. The Kier molecular flexibility index (Phi) is 7.71. The highest BCUT2D eigenvalue weighted by molar-refractivity contribution is 7.17. The van der Waals surface area contributed by atoms with Gasteiger partial charge in [-0.25, -0.2) is 9.97 Å². The quantitative estimate of drug-likeness (QED) is 0.136. The molecule has 2 N–H and O–H groups in total. The number of aromatic nitrogens is 4. The molecule has 12 heteroatoms. The molecule has 1 amide bonds. The third kappa shape index (κ3) is 5.56. The number of nitrogens with zero attached hydrogens (tertiary/aromatic N) is 5. The smallest absolute Gasteiger partial charge is 0.301 e. The van der Waals surface area contributed by atoms with Crippen molar-refractivity contribution in [3.05, 3.63) is 87.5 Å². The predicted molar refractivity (Wildman–Crippen MR) is 147 cm³/mol. The summed E-state index contributed by atoms with van der Waals surface area (Å²) in [6, 6.07) is 19.1.